The first kappa shape index (κ1) is 24.3. The molecule has 0 bridgehead atoms. The molecule has 0 spiro atoms. The third-order valence-corrected chi connectivity index (χ3v) is 4.82. The van der Waals surface area contributed by atoms with Crippen LogP contribution >= 0.6 is 0 Å². The van der Waals surface area contributed by atoms with E-state index in [1.165, 1.54) is 23.9 Å². The molecule has 0 aliphatic rings. The SMILES string of the molecule is CCCc1nn(-c2ccc(C(F)(F)F)cn2)cc1CCCOc1c(OC(C)=O)cnn1CC. The minimum atomic E-state index is -4.43. The highest BCUT2D eigenvalue weighted by atomic mass is 19.4. The fourth-order valence-corrected chi connectivity index (χ4v) is 3.29. The van der Waals surface area contributed by atoms with Gasteiger partial charge in [0.2, 0.25) is 5.75 Å². The van der Waals surface area contributed by atoms with E-state index in [1.54, 1.807) is 10.9 Å². The Morgan fingerprint density at radius 3 is 2.55 bits per heavy atom. The number of pyridine rings is 1. The molecule has 3 rings (SSSR count). The van der Waals surface area contributed by atoms with Crippen LogP contribution in [-0.2, 0) is 30.4 Å². The van der Waals surface area contributed by atoms with E-state index < -0.39 is 17.7 Å². The monoisotopic (exact) mass is 465 g/mol. The third-order valence-electron chi connectivity index (χ3n) is 4.82. The standard InChI is InChI=1S/C22H26F3N5O3/c1-4-7-18-16(14-30(28-18)20-10-9-17(12-26-20)22(23,24)25)8-6-11-32-21-19(33-15(3)31)13-27-29(21)5-2/h9-10,12-14H,4-8,11H2,1-3H3. The lowest BCUT2D eigenvalue weighted by atomic mass is 10.1. The summed E-state index contributed by atoms with van der Waals surface area (Å²) in [6.07, 6.45) is 2.53. The van der Waals surface area contributed by atoms with Crippen molar-refractivity contribution in [2.75, 3.05) is 6.61 Å². The molecule has 11 heteroatoms. The molecular weight excluding hydrogens is 439 g/mol. The number of aryl methyl sites for hydroxylation is 3. The van der Waals surface area contributed by atoms with Crippen molar-refractivity contribution < 1.29 is 27.4 Å². The van der Waals surface area contributed by atoms with Crippen LogP contribution in [0.3, 0.4) is 0 Å². The van der Waals surface area contributed by atoms with E-state index in [0.29, 0.717) is 37.7 Å². The van der Waals surface area contributed by atoms with Gasteiger partial charge in [0.05, 0.1) is 24.1 Å². The molecule has 0 fully saturated rings. The van der Waals surface area contributed by atoms with Gasteiger partial charge in [-0.1, -0.05) is 13.3 Å². The quantitative estimate of drug-likeness (QED) is 0.326. The molecule has 0 aliphatic heterocycles. The lowest BCUT2D eigenvalue weighted by molar-refractivity contribution is -0.138. The van der Waals surface area contributed by atoms with Crippen LogP contribution in [-0.4, -0.2) is 37.1 Å². The smallest absolute Gasteiger partial charge is 0.417 e. The van der Waals surface area contributed by atoms with Crippen LogP contribution in [0.5, 0.6) is 11.6 Å². The van der Waals surface area contributed by atoms with Gasteiger partial charge in [-0.15, -0.1) is 0 Å². The topological polar surface area (TPSA) is 84.1 Å². The highest BCUT2D eigenvalue weighted by Gasteiger charge is 2.30. The second-order valence-corrected chi connectivity index (χ2v) is 7.37. The molecule has 3 aromatic heterocycles. The second kappa shape index (κ2) is 10.5. The highest BCUT2D eigenvalue weighted by molar-refractivity contribution is 5.69. The number of halogens is 3. The van der Waals surface area contributed by atoms with Gasteiger partial charge < -0.3 is 9.47 Å². The van der Waals surface area contributed by atoms with Gasteiger partial charge in [-0.25, -0.2) is 14.3 Å². The van der Waals surface area contributed by atoms with Crippen LogP contribution in [0, 0.1) is 0 Å². The molecule has 0 saturated heterocycles. The average molecular weight is 465 g/mol. The Hall–Kier alpha value is -3.37. The van der Waals surface area contributed by atoms with Crippen LogP contribution in [0.15, 0.2) is 30.7 Å². The molecular formula is C22H26F3N5O3. The fraction of sp³-hybridized carbons (Fsp3) is 0.455. The summed E-state index contributed by atoms with van der Waals surface area (Å²) in [6, 6.07) is 2.30. The van der Waals surface area contributed by atoms with E-state index in [4.69, 9.17) is 9.47 Å². The molecule has 0 amide bonds. The van der Waals surface area contributed by atoms with E-state index in [9.17, 15) is 18.0 Å². The Kier molecular flexibility index (Phi) is 7.72. The number of hydrogen-bond donors (Lipinski definition) is 0. The van der Waals surface area contributed by atoms with Gasteiger partial charge in [-0.2, -0.15) is 23.4 Å². The van der Waals surface area contributed by atoms with Crippen molar-refractivity contribution in [3.8, 4) is 17.4 Å². The molecule has 3 heterocycles. The van der Waals surface area contributed by atoms with Crippen molar-refractivity contribution in [3.63, 3.8) is 0 Å². The van der Waals surface area contributed by atoms with Crippen LogP contribution < -0.4 is 9.47 Å². The Bertz CT molecular complexity index is 1070. The molecule has 33 heavy (non-hydrogen) atoms. The maximum Gasteiger partial charge on any atom is 0.417 e. The molecule has 8 nitrogen and oxygen atoms in total. The molecule has 178 valence electrons. The molecule has 0 aromatic carbocycles. The molecule has 0 N–H and O–H groups in total. The van der Waals surface area contributed by atoms with E-state index in [-0.39, 0.29) is 5.75 Å². The first-order chi connectivity index (χ1) is 15.7. The van der Waals surface area contributed by atoms with Crippen LogP contribution in [0.1, 0.15) is 50.4 Å². The summed E-state index contributed by atoms with van der Waals surface area (Å²) in [4.78, 5) is 15.2. The van der Waals surface area contributed by atoms with E-state index in [2.05, 4.69) is 15.2 Å². The molecule has 0 atom stereocenters. The van der Waals surface area contributed by atoms with Crippen molar-refractivity contribution in [3.05, 3.63) is 47.5 Å². The largest absolute Gasteiger partial charge is 0.475 e. The second-order valence-electron chi connectivity index (χ2n) is 7.37. The van der Waals surface area contributed by atoms with Gasteiger partial charge in [0, 0.05) is 25.9 Å². The predicted octanol–water partition coefficient (Wildman–Crippen LogP) is 4.39. The number of rotatable bonds is 10. The first-order valence-corrected chi connectivity index (χ1v) is 10.7. The van der Waals surface area contributed by atoms with Crippen molar-refractivity contribution in [2.45, 2.75) is 59.2 Å². The van der Waals surface area contributed by atoms with Gasteiger partial charge in [-0.3, -0.25) is 4.79 Å². The number of carbonyl (C=O) groups is 1. The van der Waals surface area contributed by atoms with Crippen LogP contribution in [0.25, 0.3) is 5.82 Å². The Labute approximate surface area is 189 Å². The van der Waals surface area contributed by atoms with Gasteiger partial charge in [-0.05, 0) is 43.9 Å². The average Bonchev–Trinajstić information content (AvgIpc) is 3.34. The molecule has 0 radical (unpaired) electrons. The zero-order chi connectivity index (χ0) is 24.0. The maximum absolute atomic E-state index is 12.8. The van der Waals surface area contributed by atoms with E-state index in [0.717, 1.165) is 36.4 Å². The van der Waals surface area contributed by atoms with Gasteiger partial charge in [0.15, 0.2) is 5.82 Å². The predicted molar refractivity (Wildman–Crippen MR) is 113 cm³/mol. The summed E-state index contributed by atoms with van der Waals surface area (Å²) in [5, 5.41) is 8.67. The summed E-state index contributed by atoms with van der Waals surface area (Å²) in [5.41, 5.74) is 1.05. The normalized spacial score (nSPS) is 11.6. The molecule has 3 aromatic rings. The Morgan fingerprint density at radius 2 is 1.94 bits per heavy atom. The zero-order valence-corrected chi connectivity index (χ0v) is 18.7. The Morgan fingerprint density at radius 1 is 1.15 bits per heavy atom. The summed E-state index contributed by atoms with van der Waals surface area (Å²) < 4.78 is 52.5. The number of hydrogen-bond acceptors (Lipinski definition) is 6. The number of ether oxygens (including phenoxy) is 2. The number of carbonyl (C=O) groups excluding carboxylic acids is 1. The molecule has 0 aliphatic carbocycles. The number of esters is 1. The summed E-state index contributed by atoms with van der Waals surface area (Å²) in [7, 11) is 0. The Balaban J connectivity index is 1.67. The minimum absolute atomic E-state index is 0.275. The number of aromatic nitrogens is 5. The number of alkyl halides is 3. The summed E-state index contributed by atoms with van der Waals surface area (Å²) >= 11 is 0. The minimum Gasteiger partial charge on any atom is -0.475 e. The molecule has 0 saturated carbocycles. The van der Waals surface area contributed by atoms with Crippen molar-refractivity contribution in [1.29, 1.82) is 0 Å². The van der Waals surface area contributed by atoms with Crippen LogP contribution in [0.4, 0.5) is 13.2 Å². The first-order valence-electron chi connectivity index (χ1n) is 10.7. The third kappa shape index (κ3) is 6.11. The van der Waals surface area contributed by atoms with E-state index >= 15 is 0 Å². The number of nitrogens with zero attached hydrogens (tertiary/aromatic N) is 5. The fourth-order valence-electron chi connectivity index (χ4n) is 3.29. The van der Waals surface area contributed by atoms with Gasteiger partial charge in [0.25, 0.3) is 5.88 Å². The van der Waals surface area contributed by atoms with E-state index in [1.807, 2.05) is 13.8 Å². The molecule has 0 unspecified atom stereocenters. The van der Waals surface area contributed by atoms with Gasteiger partial charge >= 0.3 is 12.1 Å². The summed E-state index contributed by atoms with van der Waals surface area (Å²) in [5.74, 6) is 0.535. The lowest BCUT2D eigenvalue weighted by Crippen LogP contribution is -2.08. The lowest BCUT2D eigenvalue weighted by Gasteiger charge is -2.09. The van der Waals surface area contributed by atoms with Gasteiger partial charge in [0.1, 0.15) is 0 Å². The van der Waals surface area contributed by atoms with Crippen molar-refractivity contribution in [1.82, 2.24) is 24.5 Å². The van der Waals surface area contributed by atoms with Crippen molar-refractivity contribution >= 4 is 5.97 Å². The van der Waals surface area contributed by atoms with Crippen LogP contribution in [0.2, 0.25) is 0 Å². The summed E-state index contributed by atoms with van der Waals surface area (Å²) in [6.45, 7) is 6.16. The zero-order valence-electron chi connectivity index (χ0n) is 18.7. The van der Waals surface area contributed by atoms with Crippen molar-refractivity contribution in [2.24, 2.45) is 0 Å². The maximum atomic E-state index is 12.8. The highest BCUT2D eigenvalue weighted by Crippen LogP contribution is 2.29.